The molecule has 0 aliphatic rings. The van der Waals surface area contributed by atoms with E-state index in [1.54, 1.807) is 38.5 Å². The van der Waals surface area contributed by atoms with Gasteiger partial charge in [0.25, 0.3) is 0 Å². The molecule has 0 spiro atoms. The summed E-state index contributed by atoms with van der Waals surface area (Å²) in [6, 6.07) is 10.5. The number of hydrogen-bond donors (Lipinski definition) is 1. The lowest BCUT2D eigenvalue weighted by atomic mass is 9.99. The summed E-state index contributed by atoms with van der Waals surface area (Å²) in [5.74, 6) is 1.17. The van der Waals surface area contributed by atoms with Crippen LogP contribution in [-0.2, 0) is 0 Å². The third-order valence-corrected chi connectivity index (χ3v) is 3.65. The summed E-state index contributed by atoms with van der Waals surface area (Å²) in [5.41, 5.74) is 7.95. The molecule has 0 saturated heterocycles. The van der Waals surface area contributed by atoms with Crippen molar-refractivity contribution in [1.29, 1.82) is 0 Å². The molecule has 2 N–H and O–H groups in total. The molecule has 0 aliphatic heterocycles. The quantitative estimate of drug-likeness (QED) is 0.926. The second-order valence-electron chi connectivity index (χ2n) is 4.26. The monoisotopic (exact) mass is 311 g/mol. The zero-order valence-corrected chi connectivity index (χ0v) is 12.7. The lowest BCUT2D eigenvalue weighted by Gasteiger charge is -2.17. The van der Waals surface area contributed by atoms with E-state index in [-0.39, 0.29) is 6.04 Å². The number of ether oxygens (including phenoxy) is 2. The first-order valence-corrected chi connectivity index (χ1v) is 6.75. The molecule has 0 aliphatic carbocycles. The van der Waals surface area contributed by atoms with E-state index in [0.29, 0.717) is 21.5 Å². The molecule has 0 saturated carbocycles. The molecular weight excluding hydrogens is 297 g/mol. The third-order valence-electron chi connectivity index (χ3n) is 3.07. The van der Waals surface area contributed by atoms with Crippen molar-refractivity contribution in [2.75, 3.05) is 14.2 Å². The fraction of sp³-hybridized carbons (Fsp3) is 0.200. The molecule has 1 unspecified atom stereocenters. The topological polar surface area (TPSA) is 44.5 Å². The van der Waals surface area contributed by atoms with Crippen LogP contribution in [0.25, 0.3) is 0 Å². The smallest absolute Gasteiger partial charge is 0.162 e. The van der Waals surface area contributed by atoms with E-state index in [1.165, 1.54) is 0 Å². The summed E-state index contributed by atoms with van der Waals surface area (Å²) in [6.45, 7) is 0. The van der Waals surface area contributed by atoms with Gasteiger partial charge in [-0.3, -0.25) is 0 Å². The number of methoxy groups -OCH3 is 2. The lowest BCUT2D eigenvalue weighted by Crippen LogP contribution is -2.12. The Labute approximate surface area is 128 Å². The lowest BCUT2D eigenvalue weighted by molar-refractivity contribution is 0.354. The molecule has 0 aromatic heterocycles. The Balaban J connectivity index is 2.43. The predicted octanol–water partition coefficient (Wildman–Crippen LogP) is 4.06. The summed E-state index contributed by atoms with van der Waals surface area (Å²) >= 11 is 12.1. The van der Waals surface area contributed by atoms with Crippen LogP contribution >= 0.6 is 23.2 Å². The van der Waals surface area contributed by atoms with Gasteiger partial charge in [-0.25, -0.2) is 0 Å². The molecule has 2 rings (SSSR count). The highest BCUT2D eigenvalue weighted by Crippen LogP contribution is 2.37. The van der Waals surface area contributed by atoms with Gasteiger partial charge in [-0.1, -0.05) is 35.3 Å². The zero-order valence-electron chi connectivity index (χ0n) is 11.2. The summed E-state index contributed by atoms with van der Waals surface area (Å²) < 4.78 is 10.5. The van der Waals surface area contributed by atoms with Crippen molar-refractivity contribution in [1.82, 2.24) is 0 Å². The van der Waals surface area contributed by atoms with E-state index in [4.69, 9.17) is 38.4 Å². The minimum Gasteiger partial charge on any atom is -0.493 e. The van der Waals surface area contributed by atoms with Gasteiger partial charge in [-0.05, 0) is 29.3 Å². The average molecular weight is 312 g/mol. The van der Waals surface area contributed by atoms with E-state index >= 15 is 0 Å². The van der Waals surface area contributed by atoms with Crippen LogP contribution < -0.4 is 15.2 Å². The molecule has 0 bridgehead atoms. The second kappa shape index (κ2) is 6.35. The maximum absolute atomic E-state index is 6.27. The van der Waals surface area contributed by atoms with Crippen LogP contribution in [0.1, 0.15) is 17.2 Å². The highest BCUT2D eigenvalue weighted by Gasteiger charge is 2.16. The van der Waals surface area contributed by atoms with E-state index < -0.39 is 0 Å². The van der Waals surface area contributed by atoms with Crippen molar-refractivity contribution >= 4 is 23.2 Å². The molecule has 0 amide bonds. The Morgan fingerprint density at radius 2 is 1.50 bits per heavy atom. The highest BCUT2D eigenvalue weighted by atomic mass is 35.5. The van der Waals surface area contributed by atoms with E-state index in [2.05, 4.69) is 0 Å². The predicted molar refractivity (Wildman–Crippen MR) is 82.0 cm³/mol. The Kier molecular flexibility index (Phi) is 4.76. The van der Waals surface area contributed by atoms with Gasteiger partial charge >= 0.3 is 0 Å². The van der Waals surface area contributed by atoms with Crippen LogP contribution in [0.2, 0.25) is 10.0 Å². The van der Waals surface area contributed by atoms with Crippen LogP contribution in [0.15, 0.2) is 36.4 Å². The Hall–Kier alpha value is -1.42. The van der Waals surface area contributed by atoms with Crippen LogP contribution in [0.4, 0.5) is 0 Å². The molecule has 1 atom stereocenters. The summed E-state index contributed by atoms with van der Waals surface area (Å²) in [7, 11) is 3.14. The average Bonchev–Trinajstić information content (AvgIpc) is 2.47. The molecule has 3 nitrogen and oxygen atoms in total. The van der Waals surface area contributed by atoms with Gasteiger partial charge in [0.1, 0.15) is 0 Å². The SMILES string of the molecule is COc1cc(Cl)c(C(N)c2ccc(Cl)cc2)cc1OC. The van der Waals surface area contributed by atoms with Crippen LogP contribution in [0, 0.1) is 0 Å². The number of rotatable bonds is 4. The summed E-state index contributed by atoms with van der Waals surface area (Å²) in [4.78, 5) is 0. The molecule has 2 aromatic carbocycles. The fourth-order valence-electron chi connectivity index (χ4n) is 1.96. The number of benzene rings is 2. The van der Waals surface area contributed by atoms with Crippen molar-refractivity contribution in [3.8, 4) is 11.5 Å². The normalized spacial score (nSPS) is 12.1. The zero-order chi connectivity index (χ0) is 14.7. The van der Waals surface area contributed by atoms with Gasteiger partial charge in [-0.15, -0.1) is 0 Å². The maximum Gasteiger partial charge on any atom is 0.162 e. The minimum absolute atomic E-state index is 0.362. The maximum atomic E-state index is 6.27. The van der Waals surface area contributed by atoms with Gasteiger partial charge in [0, 0.05) is 16.1 Å². The number of nitrogens with two attached hydrogens (primary N) is 1. The highest BCUT2D eigenvalue weighted by molar-refractivity contribution is 6.31. The largest absolute Gasteiger partial charge is 0.493 e. The standard InChI is InChI=1S/C15H15Cl2NO2/c1-19-13-7-11(12(17)8-14(13)20-2)15(18)9-3-5-10(16)6-4-9/h3-8,15H,18H2,1-2H3. The Morgan fingerprint density at radius 3 is 2.05 bits per heavy atom. The van der Waals surface area contributed by atoms with E-state index in [9.17, 15) is 0 Å². The van der Waals surface area contributed by atoms with Gasteiger partial charge in [0.2, 0.25) is 0 Å². The van der Waals surface area contributed by atoms with Crippen molar-refractivity contribution in [3.63, 3.8) is 0 Å². The van der Waals surface area contributed by atoms with Crippen molar-refractivity contribution in [2.45, 2.75) is 6.04 Å². The van der Waals surface area contributed by atoms with Crippen LogP contribution in [0.3, 0.4) is 0 Å². The summed E-state index contributed by atoms with van der Waals surface area (Å²) in [5, 5.41) is 1.20. The van der Waals surface area contributed by atoms with Gasteiger partial charge in [-0.2, -0.15) is 0 Å². The minimum atomic E-state index is -0.362. The van der Waals surface area contributed by atoms with Gasteiger partial charge in [0.15, 0.2) is 11.5 Å². The number of halogens is 2. The Bertz CT molecular complexity index is 600. The first-order chi connectivity index (χ1) is 9.56. The summed E-state index contributed by atoms with van der Waals surface area (Å²) in [6.07, 6.45) is 0. The van der Waals surface area contributed by atoms with Crippen molar-refractivity contribution in [3.05, 3.63) is 57.6 Å². The first kappa shape index (κ1) is 15.0. The molecule has 0 fully saturated rings. The molecule has 0 radical (unpaired) electrons. The van der Waals surface area contributed by atoms with Crippen molar-refractivity contribution < 1.29 is 9.47 Å². The van der Waals surface area contributed by atoms with Gasteiger partial charge in [0.05, 0.1) is 20.3 Å². The van der Waals surface area contributed by atoms with E-state index in [1.807, 2.05) is 12.1 Å². The third kappa shape index (κ3) is 3.01. The van der Waals surface area contributed by atoms with E-state index in [0.717, 1.165) is 11.1 Å². The fourth-order valence-corrected chi connectivity index (χ4v) is 2.36. The van der Waals surface area contributed by atoms with Crippen LogP contribution in [0.5, 0.6) is 11.5 Å². The molecule has 20 heavy (non-hydrogen) atoms. The molecule has 5 heteroatoms. The Morgan fingerprint density at radius 1 is 0.950 bits per heavy atom. The molecule has 2 aromatic rings. The van der Waals surface area contributed by atoms with Crippen molar-refractivity contribution in [2.24, 2.45) is 5.73 Å². The molecular formula is C15H15Cl2NO2. The first-order valence-electron chi connectivity index (χ1n) is 5.99. The number of hydrogen-bond acceptors (Lipinski definition) is 3. The van der Waals surface area contributed by atoms with Crippen LogP contribution in [-0.4, -0.2) is 14.2 Å². The molecule has 0 heterocycles. The molecule has 106 valence electrons. The second-order valence-corrected chi connectivity index (χ2v) is 5.10. The van der Waals surface area contributed by atoms with Gasteiger partial charge < -0.3 is 15.2 Å².